The molecule has 3 aromatic carbocycles. The van der Waals surface area contributed by atoms with Gasteiger partial charge in [0, 0.05) is 33.3 Å². The number of pyridine rings is 1. The Balaban J connectivity index is 1.84. The van der Waals surface area contributed by atoms with Crippen molar-refractivity contribution in [2.75, 3.05) is 0 Å². The molecule has 31 heavy (non-hydrogen) atoms. The van der Waals surface area contributed by atoms with Gasteiger partial charge < -0.3 is 4.42 Å². The van der Waals surface area contributed by atoms with Gasteiger partial charge in [-0.05, 0) is 47.4 Å². The number of fused-ring (bicyclic) bond motifs is 4. The molecule has 1 aliphatic rings. The van der Waals surface area contributed by atoms with Crippen LogP contribution in [0, 0.1) is 12.8 Å². The standard InChI is InChI=1S/C29H27NO/c1-16(2)13-18-11-12-22-25-24-20(7-6-8-23(24)31-28(18)25)27-26(29(22,4)5)21-14-17(3)9-10-19(21)15-30-27/h6-12,14-16H,13H2,1-5H3. The van der Waals surface area contributed by atoms with Crippen LogP contribution in [0.1, 0.15) is 49.9 Å². The molecule has 0 radical (unpaired) electrons. The van der Waals surface area contributed by atoms with E-state index in [-0.39, 0.29) is 5.41 Å². The Bertz CT molecular complexity index is 1520. The van der Waals surface area contributed by atoms with Gasteiger partial charge >= 0.3 is 0 Å². The van der Waals surface area contributed by atoms with Gasteiger partial charge in [0.15, 0.2) is 0 Å². The van der Waals surface area contributed by atoms with Crippen LogP contribution in [0.4, 0.5) is 0 Å². The molecule has 2 heterocycles. The fraction of sp³-hybridized carbons (Fsp3) is 0.276. The van der Waals surface area contributed by atoms with Crippen LogP contribution in [0.15, 0.2) is 59.1 Å². The maximum atomic E-state index is 6.53. The summed E-state index contributed by atoms with van der Waals surface area (Å²) in [6.07, 6.45) is 3.04. The fourth-order valence-corrected chi connectivity index (χ4v) is 5.59. The summed E-state index contributed by atoms with van der Waals surface area (Å²) in [5, 5.41) is 4.98. The number of hydrogen-bond acceptors (Lipinski definition) is 2. The molecular weight excluding hydrogens is 378 g/mol. The molecule has 0 atom stereocenters. The highest BCUT2D eigenvalue weighted by atomic mass is 16.3. The molecule has 1 aliphatic carbocycles. The molecule has 154 valence electrons. The lowest BCUT2D eigenvalue weighted by Gasteiger charge is -2.29. The number of hydrogen-bond donors (Lipinski definition) is 0. The van der Waals surface area contributed by atoms with E-state index < -0.39 is 0 Å². The average molecular weight is 406 g/mol. The van der Waals surface area contributed by atoms with Crippen molar-refractivity contribution < 1.29 is 4.42 Å². The first-order chi connectivity index (χ1) is 14.9. The Hall–Kier alpha value is -3.13. The van der Waals surface area contributed by atoms with Gasteiger partial charge in [0.25, 0.3) is 0 Å². The molecule has 0 spiro atoms. The van der Waals surface area contributed by atoms with E-state index in [0.29, 0.717) is 5.92 Å². The Morgan fingerprint density at radius 2 is 1.84 bits per heavy atom. The zero-order valence-electron chi connectivity index (χ0n) is 18.8. The van der Waals surface area contributed by atoms with E-state index in [4.69, 9.17) is 9.40 Å². The lowest BCUT2D eigenvalue weighted by atomic mass is 9.74. The van der Waals surface area contributed by atoms with Crippen molar-refractivity contribution in [1.29, 1.82) is 0 Å². The molecule has 0 amide bonds. The van der Waals surface area contributed by atoms with Crippen LogP contribution in [0.3, 0.4) is 0 Å². The molecule has 0 aliphatic heterocycles. The highest BCUT2D eigenvalue weighted by Gasteiger charge is 2.36. The number of aromatic nitrogens is 1. The predicted molar refractivity (Wildman–Crippen MR) is 130 cm³/mol. The topological polar surface area (TPSA) is 26.0 Å². The van der Waals surface area contributed by atoms with Gasteiger partial charge in [0.1, 0.15) is 11.2 Å². The normalized spacial score (nSPS) is 14.6. The van der Waals surface area contributed by atoms with Gasteiger partial charge in [-0.3, -0.25) is 4.98 Å². The molecule has 0 saturated carbocycles. The summed E-state index contributed by atoms with van der Waals surface area (Å²) in [7, 11) is 0. The minimum atomic E-state index is -0.208. The van der Waals surface area contributed by atoms with E-state index in [1.165, 1.54) is 49.4 Å². The summed E-state index contributed by atoms with van der Waals surface area (Å²) < 4.78 is 6.53. The molecule has 0 saturated heterocycles. The summed E-state index contributed by atoms with van der Waals surface area (Å²) in [4.78, 5) is 5.04. The summed E-state index contributed by atoms with van der Waals surface area (Å²) >= 11 is 0. The first-order valence-corrected chi connectivity index (χ1v) is 11.2. The zero-order valence-corrected chi connectivity index (χ0v) is 18.8. The number of aryl methyl sites for hydroxylation is 1. The molecule has 2 nitrogen and oxygen atoms in total. The highest BCUT2D eigenvalue weighted by Crippen LogP contribution is 2.51. The zero-order chi connectivity index (χ0) is 21.5. The smallest absolute Gasteiger partial charge is 0.138 e. The van der Waals surface area contributed by atoms with Gasteiger partial charge in [-0.1, -0.05) is 75.7 Å². The van der Waals surface area contributed by atoms with Crippen LogP contribution >= 0.6 is 0 Å². The van der Waals surface area contributed by atoms with Gasteiger partial charge in [0.05, 0.1) is 5.69 Å². The molecular formula is C29H27NO. The third-order valence-corrected chi connectivity index (χ3v) is 6.96. The van der Waals surface area contributed by atoms with Crippen LogP contribution in [-0.2, 0) is 11.8 Å². The Labute approximate surface area is 182 Å². The predicted octanol–water partition coefficient (Wildman–Crippen LogP) is 7.95. The summed E-state index contributed by atoms with van der Waals surface area (Å²) in [5.74, 6) is 0.575. The molecule has 6 rings (SSSR count). The first kappa shape index (κ1) is 18.6. The Morgan fingerprint density at radius 3 is 2.65 bits per heavy atom. The second-order valence-corrected chi connectivity index (χ2v) is 10.1. The third-order valence-electron chi connectivity index (χ3n) is 6.96. The van der Waals surface area contributed by atoms with Gasteiger partial charge in [0.2, 0.25) is 0 Å². The lowest BCUT2D eigenvalue weighted by Crippen LogP contribution is -2.21. The molecule has 2 aromatic heterocycles. The first-order valence-electron chi connectivity index (χ1n) is 11.2. The van der Waals surface area contributed by atoms with Crippen LogP contribution in [0.2, 0.25) is 0 Å². The largest absolute Gasteiger partial charge is 0.456 e. The summed E-state index contributed by atoms with van der Waals surface area (Å²) in [6.45, 7) is 11.4. The number of rotatable bonds is 2. The molecule has 0 N–H and O–H groups in total. The monoisotopic (exact) mass is 405 g/mol. The lowest BCUT2D eigenvalue weighted by molar-refractivity contribution is 0.618. The van der Waals surface area contributed by atoms with E-state index in [0.717, 1.165) is 23.3 Å². The van der Waals surface area contributed by atoms with E-state index in [1.54, 1.807) is 0 Å². The second kappa shape index (κ2) is 6.20. The number of benzene rings is 3. The second-order valence-electron chi connectivity index (χ2n) is 10.1. The maximum absolute atomic E-state index is 6.53. The van der Waals surface area contributed by atoms with Crippen molar-refractivity contribution in [1.82, 2.24) is 4.98 Å². The molecule has 0 fully saturated rings. The maximum Gasteiger partial charge on any atom is 0.138 e. The van der Waals surface area contributed by atoms with Gasteiger partial charge in [-0.2, -0.15) is 0 Å². The van der Waals surface area contributed by atoms with E-state index in [9.17, 15) is 0 Å². The van der Waals surface area contributed by atoms with Crippen molar-refractivity contribution in [3.63, 3.8) is 0 Å². The molecule has 0 unspecified atom stereocenters. The van der Waals surface area contributed by atoms with Crippen molar-refractivity contribution in [3.05, 3.63) is 77.0 Å². The van der Waals surface area contributed by atoms with E-state index in [2.05, 4.69) is 83.1 Å². The van der Waals surface area contributed by atoms with Crippen molar-refractivity contribution in [2.24, 2.45) is 5.92 Å². The van der Waals surface area contributed by atoms with Crippen molar-refractivity contribution >= 4 is 32.7 Å². The number of nitrogens with zero attached hydrogens (tertiary/aromatic N) is 1. The van der Waals surface area contributed by atoms with Crippen LogP contribution in [0.25, 0.3) is 44.0 Å². The minimum absolute atomic E-state index is 0.208. The quantitative estimate of drug-likeness (QED) is 0.298. The highest BCUT2D eigenvalue weighted by molar-refractivity contribution is 6.17. The van der Waals surface area contributed by atoms with Crippen LogP contribution in [0.5, 0.6) is 0 Å². The minimum Gasteiger partial charge on any atom is -0.456 e. The molecule has 0 bridgehead atoms. The Kier molecular flexibility index (Phi) is 3.72. The van der Waals surface area contributed by atoms with Gasteiger partial charge in [-0.15, -0.1) is 0 Å². The molecule has 2 heteroatoms. The van der Waals surface area contributed by atoms with Crippen LogP contribution < -0.4 is 0 Å². The van der Waals surface area contributed by atoms with Crippen LogP contribution in [-0.4, -0.2) is 4.98 Å². The SMILES string of the molecule is Cc1ccc2cnc3c(c2c1)C(C)(C)c1ccc(CC(C)C)c2oc4cccc-3c4c12. The summed E-state index contributed by atoms with van der Waals surface area (Å²) in [5.41, 5.74) is 9.28. The van der Waals surface area contributed by atoms with Crippen molar-refractivity contribution in [3.8, 4) is 11.3 Å². The molecule has 5 aromatic rings. The van der Waals surface area contributed by atoms with Gasteiger partial charge in [-0.25, -0.2) is 0 Å². The number of furan rings is 1. The Morgan fingerprint density at radius 1 is 1.00 bits per heavy atom. The van der Waals surface area contributed by atoms with E-state index in [1.807, 2.05) is 6.20 Å². The van der Waals surface area contributed by atoms with Crippen molar-refractivity contribution in [2.45, 2.75) is 46.5 Å². The fourth-order valence-electron chi connectivity index (χ4n) is 5.59. The third kappa shape index (κ3) is 2.48. The average Bonchev–Trinajstić information content (AvgIpc) is 3.09. The summed E-state index contributed by atoms with van der Waals surface area (Å²) in [6, 6.07) is 17.7. The van der Waals surface area contributed by atoms with E-state index >= 15 is 0 Å².